The second-order valence-electron chi connectivity index (χ2n) is 5.64. The van der Waals surface area contributed by atoms with Crippen LogP contribution < -0.4 is 11.1 Å². The molecule has 7 heteroatoms. The second-order valence-corrected chi connectivity index (χ2v) is 5.64. The maximum atomic E-state index is 12.6. The van der Waals surface area contributed by atoms with E-state index < -0.39 is 11.1 Å². The predicted octanol–water partition coefficient (Wildman–Crippen LogP) is 0.466. The first-order valence-corrected chi connectivity index (χ1v) is 7.15. The first kappa shape index (κ1) is 14.5. The number of hydrogen-bond acceptors (Lipinski definition) is 4. The van der Waals surface area contributed by atoms with Gasteiger partial charge in [-0.05, 0) is 32.0 Å². The van der Waals surface area contributed by atoms with Crippen molar-refractivity contribution in [1.82, 2.24) is 14.9 Å². The van der Waals surface area contributed by atoms with Gasteiger partial charge in [-0.3, -0.25) is 14.4 Å². The molecule has 3 rings (SSSR count). The molecule has 0 aliphatic carbocycles. The smallest absolute Gasteiger partial charge is 0.314 e. The van der Waals surface area contributed by atoms with Crippen LogP contribution in [0.25, 0.3) is 11.0 Å². The number of H-pyrrole nitrogens is 2. The average molecular weight is 303 g/mol. The first-order valence-electron chi connectivity index (χ1n) is 7.15. The Morgan fingerprint density at radius 3 is 2.32 bits per heavy atom. The van der Waals surface area contributed by atoms with Crippen molar-refractivity contribution in [3.8, 4) is 0 Å². The summed E-state index contributed by atoms with van der Waals surface area (Å²) in [5, 5.41) is 0. The van der Waals surface area contributed by atoms with Crippen LogP contribution in [0.4, 0.5) is 0 Å². The molecule has 22 heavy (non-hydrogen) atoms. The Hall–Kier alpha value is -2.41. The first-order chi connectivity index (χ1) is 10.4. The van der Waals surface area contributed by atoms with E-state index >= 15 is 0 Å². The van der Waals surface area contributed by atoms with Gasteiger partial charge in [0.1, 0.15) is 0 Å². The van der Waals surface area contributed by atoms with Gasteiger partial charge in [-0.25, -0.2) is 0 Å². The molecule has 1 aliphatic rings. The minimum absolute atomic E-state index is 0.00989. The molecule has 2 unspecified atom stereocenters. The van der Waals surface area contributed by atoms with Crippen molar-refractivity contribution in [3.05, 3.63) is 44.5 Å². The lowest BCUT2D eigenvalue weighted by Crippen LogP contribution is -2.48. The number of ether oxygens (including phenoxy) is 1. The summed E-state index contributed by atoms with van der Waals surface area (Å²) in [4.78, 5) is 42.0. The Balaban J connectivity index is 1.95. The molecule has 1 aliphatic heterocycles. The standard InChI is InChI=1S/C15H17N3O4/c1-8-6-18(7-9(2)22-8)15(21)10-3-4-11-12(5-10)17-14(20)13(19)16-11/h3-5,8-9H,6-7H2,1-2H3,(H,16,19)(H,17,20). The quantitative estimate of drug-likeness (QED) is 0.748. The molecule has 1 fully saturated rings. The fourth-order valence-corrected chi connectivity index (χ4v) is 2.77. The zero-order valence-corrected chi connectivity index (χ0v) is 12.4. The van der Waals surface area contributed by atoms with Crippen molar-refractivity contribution in [2.24, 2.45) is 0 Å². The van der Waals surface area contributed by atoms with Gasteiger partial charge in [-0.1, -0.05) is 0 Å². The Kier molecular flexibility index (Phi) is 3.58. The maximum absolute atomic E-state index is 12.6. The lowest BCUT2D eigenvalue weighted by Gasteiger charge is -2.35. The monoisotopic (exact) mass is 303 g/mol. The van der Waals surface area contributed by atoms with Crippen LogP contribution in [-0.2, 0) is 4.74 Å². The molecular formula is C15H17N3O4. The minimum atomic E-state index is -0.731. The van der Waals surface area contributed by atoms with Crippen molar-refractivity contribution in [1.29, 1.82) is 0 Å². The third-order valence-electron chi connectivity index (χ3n) is 3.68. The van der Waals surface area contributed by atoms with E-state index in [9.17, 15) is 14.4 Å². The highest BCUT2D eigenvalue weighted by atomic mass is 16.5. The number of benzene rings is 1. The van der Waals surface area contributed by atoms with Crippen LogP contribution in [0.2, 0.25) is 0 Å². The number of aromatic amines is 2. The summed E-state index contributed by atoms with van der Waals surface area (Å²) in [6, 6.07) is 4.84. The van der Waals surface area contributed by atoms with Gasteiger partial charge >= 0.3 is 11.1 Å². The van der Waals surface area contributed by atoms with Crippen LogP contribution in [0.5, 0.6) is 0 Å². The van der Waals surface area contributed by atoms with E-state index in [-0.39, 0.29) is 18.1 Å². The summed E-state index contributed by atoms with van der Waals surface area (Å²) >= 11 is 0. The van der Waals surface area contributed by atoms with Crippen molar-refractivity contribution >= 4 is 16.9 Å². The number of nitrogens with zero attached hydrogens (tertiary/aromatic N) is 1. The molecule has 0 radical (unpaired) electrons. The number of amides is 1. The molecule has 1 aromatic heterocycles. The van der Waals surface area contributed by atoms with Crippen LogP contribution >= 0.6 is 0 Å². The largest absolute Gasteiger partial charge is 0.372 e. The normalized spacial score (nSPS) is 22.0. The lowest BCUT2D eigenvalue weighted by molar-refractivity contribution is -0.0586. The van der Waals surface area contributed by atoms with Crippen LogP contribution in [0.1, 0.15) is 24.2 Å². The van der Waals surface area contributed by atoms with Crippen LogP contribution in [-0.4, -0.2) is 46.1 Å². The number of carbonyl (C=O) groups is 1. The third kappa shape index (κ3) is 2.67. The van der Waals surface area contributed by atoms with Crippen molar-refractivity contribution < 1.29 is 9.53 Å². The van der Waals surface area contributed by atoms with Gasteiger partial charge in [0.15, 0.2) is 0 Å². The SMILES string of the molecule is CC1CN(C(=O)c2ccc3[nH]c(=O)c(=O)[nH]c3c2)CC(C)O1. The Morgan fingerprint density at radius 1 is 1.09 bits per heavy atom. The van der Waals surface area contributed by atoms with Crippen molar-refractivity contribution in [2.75, 3.05) is 13.1 Å². The molecule has 7 nitrogen and oxygen atoms in total. The van der Waals surface area contributed by atoms with E-state index in [0.29, 0.717) is 29.7 Å². The molecule has 1 aromatic carbocycles. The maximum Gasteiger partial charge on any atom is 0.314 e. The Labute approximate surface area is 125 Å². The van der Waals surface area contributed by atoms with E-state index in [1.54, 1.807) is 23.1 Å². The van der Waals surface area contributed by atoms with Gasteiger partial charge in [0.25, 0.3) is 5.91 Å². The molecule has 2 N–H and O–H groups in total. The topological polar surface area (TPSA) is 95.3 Å². The predicted molar refractivity (Wildman–Crippen MR) is 81.1 cm³/mol. The number of aromatic nitrogens is 2. The van der Waals surface area contributed by atoms with E-state index in [0.717, 1.165) is 0 Å². The molecular weight excluding hydrogens is 286 g/mol. The Morgan fingerprint density at radius 2 is 1.68 bits per heavy atom. The van der Waals surface area contributed by atoms with Gasteiger partial charge in [0.05, 0.1) is 23.2 Å². The molecule has 2 aromatic rings. The van der Waals surface area contributed by atoms with Gasteiger partial charge in [-0.2, -0.15) is 0 Å². The molecule has 0 spiro atoms. The molecule has 0 bridgehead atoms. The van der Waals surface area contributed by atoms with Crippen molar-refractivity contribution in [2.45, 2.75) is 26.1 Å². The van der Waals surface area contributed by atoms with Gasteiger partial charge in [0.2, 0.25) is 0 Å². The molecule has 2 heterocycles. The number of rotatable bonds is 1. The number of hydrogen-bond donors (Lipinski definition) is 2. The zero-order chi connectivity index (χ0) is 15.9. The fourth-order valence-electron chi connectivity index (χ4n) is 2.77. The zero-order valence-electron chi connectivity index (χ0n) is 12.4. The van der Waals surface area contributed by atoms with Crippen molar-refractivity contribution in [3.63, 3.8) is 0 Å². The summed E-state index contributed by atoms with van der Waals surface area (Å²) in [5.41, 5.74) is -0.0423. The van der Waals surface area contributed by atoms with E-state index in [4.69, 9.17) is 4.74 Å². The molecule has 116 valence electrons. The van der Waals surface area contributed by atoms with Crippen LogP contribution in [0.3, 0.4) is 0 Å². The molecule has 2 atom stereocenters. The molecule has 0 saturated carbocycles. The summed E-state index contributed by atoms with van der Waals surface area (Å²) in [5.74, 6) is -0.115. The Bertz CT molecular complexity index is 829. The summed E-state index contributed by atoms with van der Waals surface area (Å²) in [6.45, 7) is 4.92. The number of carbonyl (C=O) groups excluding carboxylic acids is 1. The number of fused-ring (bicyclic) bond motifs is 1. The van der Waals surface area contributed by atoms with Gasteiger partial charge in [-0.15, -0.1) is 0 Å². The fraction of sp³-hybridized carbons (Fsp3) is 0.400. The lowest BCUT2D eigenvalue weighted by atomic mass is 10.1. The summed E-state index contributed by atoms with van der Waals surface area (Å²) < 4.78 is 5.62. The molecule has 1 saturated heterocycles. The van der Waals surface area contributed by atoms with Gasteiger partial charge in [0, 0.05) is 18.7 Å². The highest BCUT2D eigenvalue weighted by molar-refractivity contribution is 5.97. The summed E-state index contributed by atoms with van der Waals surface area (Å²) in [7, 11) is 0. The van der Waals surface area contributed by atoms with Crippen LogP contribution in [0.15, 0.2) is 27.8 Å². The van der Waals surface area contributed by atoms with Crippen LogP contribution in [0, 0.1) is 0 Å². The van der Waals surface area contributed by atoms with E-state index in [1.165, 1.54) is 0 Å². The minimum Gasteiger partial charge on any atom is -0.372 e. The third-order valence-corrected chi connectivity index (χ3v) is 3.68. The summed E-state index contributed by atoms with van der Waals surface area (Å²) in [6.07, 6.45) is -0.0198. The second kappa shape index (κ2) is 5.42. The van der Waals surface area contributed by atoms with Gasteiger partial charge < -0.3 is 19.6 Å². The number of nitrogens with one attached hydrogen (secondary N) is 2. The average Bonchev–Trinajstić information content (AvgIpc) is 2.46. The van der Waals surface area contributed by atoms with E-state index in [2.05, 4.69) is 9.97 Å². The van der Waals surface area contributed by atoms with E-state index in [1.807, 2.05) is 13.8 Å². The number of morpholine rings is 1. The highest BCUT2D eigenvalue weighted by Crippen LogP contribution is 2.16. The molecule has 1 amide bonds. The highest BCUT2D eigenvalue weighted by Gasteiger charge is 2.26.